The Morgan fingerprint density at radius 2 is 1.82 bits per heavy atom. The summed E-state index contributed by atoms with van der Waals surface area (Å²) in [5.74, 6) is -1.94. The third-order valence-corrected chi connectivity index (χ3v) is 5.35. The fourth-order valence-electron chi connectivity index (χ4n) is 2.56. The molecule has 0 unspecified atom stereocenters. The summed E-state index contributed by atoms with van der Waals surface area (Å²) in [5, 5.41) is 8.94. The first kappa shape index (κ1) is 16.4. The largest absolute Gasteiger partial charge is 0.481 e. The second-order valence-corrected chi connectivity index (χ2v) is 7.11. The van der Waals surface area contributed by atoms with Crippen molar-refractivity contribution in [3.8, 4) is 0 Å². The van der Waals surface area contributed by atoms with Crippen molar-refractivity contribution in [3.63, 3.8) is 0 Å². The molecule has 7 nitrogen and oxygen atoms in total. The van der Waals surface area contributed by atoms with E-state index in [9.17, 15) is 18.0 Å². The van der Waals surface area contributed by atoms with Gasteiger partial charge in [-0.25, -0.2) is 13.1 Å². The third-order valence-electron chi connectivity index (χ3n) is 3.83. The molecule has 1 fully saturated rings. The predicted molar refractivity (Wildman–Crippen MR) is 78.7 cm³/mol. The number of benzene rings is 1. The number of nitrogens with two attached hydrogens (primary N) is 1. The zero-order valence-corrected chi connectivity index (χ0v) is 12.7. The minimum atomic E-state index is -3.76. The molecule has 22 heavy (non-hydrogen) atoms. The zero-order valence-electron chi connectivity index (χ0n) is 11.9. The Morgan fingerprint density at radius 3 is 2.36 bits per heavy atom. The molecule has 4 N–H and O–H groups in total. The van der Waals surface area contributed by atoms with Gasteiger partial charge in [0, 0.05) is 11.6 Å². The van der Waals surface area contributed by atoms with Crippen molar-refractivity contribution >= 4 is 21.9 Å². The van der Waals surface area contributed by atoms with Crippen LogP contribution in [0.15, 0.2) is 29.2 Å². The Kier molecular flexibility index (Phi) is 4.82. The Hall–Kier alpha value is -1.93. The van der Waals surface area contributed by atoms with Crippen LogP contribution in [0.25, 0.3) is 0 Å². The molecular weight excluding hydrogens is 308 g/mol. The minimum Gasteiger partial charge on any atom is -0.481 e. The van der Waals surface area contributed by atoms with Crippen molar-refractivity contribution in [2.45, 2.75) is 36.6 Å². The summed E-state index contributed by atoms with van der Waals surface area (Å²) in [6.07, 6.45) is 1.85. The molecule has 1 aromatic rings. The molecule has 1 amide bonds. The van der Waals surface area contributed by atoms with Gasteiger partial charge in [0.05, 0.1) is 10.8 Å². The number of amides is 1. The van der Waals surface area contributed by atoms with Gasteiger partial charge in [-0.15, -0.1) is 0 Å². The van der Waals surface area contributed by atoms with Crippen LogP contribution in [0.3, 0.4) is 0 Å². The first-order chi connectivity index (χ1) is 10.3. The molecule has 0 radical (unpaired) electrons. The van der Waals surface area contributed by atoms with Crippen molar-refractivity contribution < 1.29 is 23.1 Å². The van der Waals surface area contributed by atoms with E-state index in [1.807, 2.05) is 0 Å². The second kappa shape index (κ2) is 6.45. The van der Waals surface area contributed by atoms with E-state index < -0.39 is 27.8 Å². The van der Waals surface area contributed by atoms with E-state index in [0.717, 1.165) is 0 Å². The molecule has 1 aliphatic rings. The summed E-state index contributed by atoms with van der Waals surface area (Å²) in [6.45, 7) is 0. The normalized spacial score (nSPS) is 22.2. The molecule has 8 heteroatoms. The van der Waals surface area contributed by atoms with Crippen molar-refractivity contribution in [1.82, 2.24) is 4.72 Å². The molecule has 120 valence electrons. The molecule has 0 spiro atoms. The Morgan fingerprint density at radius 1 is 1.18 bits per heavy atom. The van der Waals surface area contributed by atoms with Crippen LogP contribution in [-0.2, 0) is 14.8 Å². The lowest BCUT2D eigenvalue weighted by Gasteiger charge is -2.26. The molecule has 0 bridgehead atoms. The van der Waals surface area contributed by atoms with Gasteiger partial charge in [0.15, 0.2) is 0 Å². The van der Waals surface area contributed by atoms with Gasteiger partial charge in [0.1, 0.15) is 0 Å². The van der Waals surface area contributed by atoms with E-state index >= 15 is 0 Å². The molecule has 0 saturated heterocycles. The molecule has 1 aliphatic carbocycles. The van der Waals surface area contributed by atoms with Gasteiger partial charge in [0.2, 0.25) is 15.9 Å². The third kappa shape index (κ3) is 3.83. The second-order valence-electron chi connectivity index (χ2n) is 5.40. The lowest BCUT2D eigenvalue weighted by molar-refractivity contribution is -0.142. The molecule has 2 rings (SSSR count). The molecular formula is C14H18N2O5S. The number of hydrogen-bond acceptors (Lipinski definition) is 4. The van der Waals surface area contributed by atoms with Gasteiger partial charge in [-0.05, 0) is 43.9 Å². The number of aliphatic carboxylic acids is 1. The van der Waals surface area contributed by atoms with Crippen LogP contribution in [0.4, 0.5) is 0 Å². The lowest BCUT2D eigenvalue weighted by Crippen LogP contribution is -2.38. The van der Waals surface area contributed by atoms with Crippen LogP contribution < -0.4 is 10.5 Å². The minimum absolute atomic E-state index is 0.0239. The van der Waals surface area contributed by atoms with Crippen molar-refractivity contribution in [3.05, 3.63) is 29.8 Å². The molecule has 0 atom stereocenters. The monoisotopic (exact) mass is 326 g/mol. The fourth-order valence-corrected chi connectivity index (χ4v) is 3.91. The topological polar surface area (TPSA) is 127 Å². The van der Waals surface area contributed by atoms with Crippen LogP contribution in [0.1, 0.15) is 36.0 Å². The number of carbonyl (C=O) groups is 2. The van der Waals surface area contributed by atoms with Gasteiger partial charge in [0.25, 0.3) is 0 Å². The van der Waals surface area contributed by atoms with E-state index in [0.29, 0.717) is 25.7 Å². The maximum atomic E-state index is 12.3. The van der Waals surface area contributed by atoms with Crippen molar-refractivity contribution in [2.75, 3.05) is 0 Å². The van der Waals surface area contributed by atoms with Gasteiger partial charge in [-0.3, -0.25) is 9.59 Å². The summed E-state index contributed by atoms with van der Waals surface area (Å²) in [5.41, 5.74) is 5.27. The highest BCUT2D eigenvalue weighted by Crippen LogP contribution is 2.25. The summed E-state index contributed by atoms with van der Waals surface area (Å²) in [7, 11) is -3.76. The van der Waals surface area contributed by atoms with Gasteiger partial charge < -0.3 is 10.8 Å². The molecule has 1 saturated carbocycles. The number of primary amides is 1. The van der Waals surface area contributed by atoms with Crippen LogP contribution in [0.2, 0.25) is 0 Å². The zero-order chi connectivity index (χ0) is 16.3. The highest BCUT2D eigenvalue weighted by molar-refractivity contribution is 7.89. The highest BCUT2D eigenvalue weighted by Gasteiger charge is 2.29. The van der Waals surface area contributed by atoms with Gasteiger partial charge in [-0.2, -0.15) is 0 Å². The SMILES string of the molecule is NC(=O)c1cccc(S(=O)(=O)NC2CCC(C(=O)O)CC2)c1. The van der Waals surface area contributed by atoms with E-state index in [1.54, 1.807) is 0 Å². The Balaban J connectivity index is 2.07. The maximum Gasteiger partial charge on any atom is 0.306 e. The van der Waals surface area contributed by atoms with E-state index in [-0.39, 0.29) is 16.5 Å². The Bertz CT molecular complexity index is 678. The first-order valence-corrected chi connectivity index (χ1v) is 8.43. The smallest absolute Gasteiger partial charge is 0.306 e. The number of sulfonamides is 1. The summed E-state index contributed by atoms with van der Waals surface area (Å²) < 4.78 is 27.2. The quantitative estimate of drug-likeness (QED) is 0.734. The summed E-state index contributed by atoms with van der Waals surface area (Å²) >= 11 is 0. The van der Waals surface area contributed by atoms with Crippen LogP contribution in [-0.4, -0.2) is 31.4 Å². The number of carboxylic acid groups (broad SMARTS) is 1. The average Bonchev–Trinajstić information content (AvgIpc) is 2.47. The first-order valence-electron chi connectivity index (χ1n) is 6.94. The number of rotatable bonds is 5. The van der Waals surface area contributed by atoms with E-state index in [4.69, 9.17) is 10.8 Å². The number of hydrogen-bond donors (Lipinski definition) is 3. The van der Waals surface area contributed by atoms with Gasteiger partial charge in [-0.1, -0.05) is 6.07 Å². The molecule has 1 aromatic carbocycles. The average molecular weight is 326 g/mol. The molecule has 0 aliphatic heterocycles. The van der Waals surface area contributed by atoms with Crippen LogP contribution in [0, 0.1) is 5.92 Å². The van der Waals surface area contributed by atoms with E-state index in [2.05, 4.69) is 4.72 Å². The summed E-state index contributed by atoms with van der Waals surface area (Å²) in [6, 6.07) is 5.22. The molecule has 0 heterocycles. The number of carboxylic acids is 1. The maximum absolute atomic E-state index is 12.3. The number of carbonyl (C=O) groups excluding carboxylic acids is 1. The highest BCUT2D eigenvalue weighted by atomic mass is 32.2. The van der Waals surface area contributed by atoms with E-state index in [1.165, 1.54) is 24.3 Å². The summed E-state index contributed by atoms with van der Waals surface area (Å²) in [4.78, 5) is 22.0. The standard InChI is InChI=1S/C14H18N2O5S/c15-13(17)10-2-1-3-12(8-10)22(20,21)16-11-6-4-9(5-7-11)14(18)19/h1-3,8-9,11,16H,4-7H2,(H2,15,17)(H,18,19). The predicted octanol–water partition coefficient (Wildman–Crippen LogP) is 0.707. The fraction of sp³-hybridized carbons (Fsp3) is 0.429. The van der Waals surface area contributed by atoms with Crippen molar-refractivity contribution in [1.29, 1.82) is 0 Å². The van der Waals surface area contributed by atoms with Crippen LogP contribution in [0.5, 0.6) is 0 Å². The molecule has 0 aromatic heterocycles. The number of nitrogens with one attached hydrogen (secondary N) is 1. The van der Waals surface area contributed by atoms with Crippen molar-refractivity contribution in [2.24, 2.45) is 11.7 Å². The van der Waals surface area contributed by atoms with Gasteiger partial charge >= 0.3 is 5.97 Å². The van der Waals surface area contributed by atoms with Crippen LogP contribution >= 0.6 is 0 Å². The lowest BCUT2D eigenvalue weighted by atomic mass is 9.87. The Labute approximate surface area is 128 Å².